The monoisotopic (exact) mass is 297 g/mol. The van der Waals surface area contributed by atoms with Crippen LogP contribution in [0, 0.1) is 5.41 Å². The summed E-state index contributed by atoms with van der Waals surface area (Å²) < 4.78 is 45.4. The van der Waals surface area contributed by atoms with Crippen molar-refractivity contribution in [1.29, 1.82) is 0 Å². The van der Waals surface area contributed by atoms with Crippen LogP contribution in [0.1, 0.15) is 33.6 Å². The second-order valence-electron chi connectivity index (χ2n) is 5.90. The van der Waals surface area contributed by atoms with Crippen molar-refractivity contribution in [2.45, 2.75) is 51.4 Å². The molecule has 1 amide bonds. The number of methoxy groups -OCH3 is 1. The fraction of sp³-hybridized carbons (Fsp3) is 0.923. The molecular weight excluding hydrogens is 275 g/mol. The molecule has 1 saturated carbocycles. The SMILES string of the molecule is CO[C@]1(C)C[C@H](NC(=O)CCOCC(F)(F)F)C1(C)C. The van der Waals surface area contributed by atoms with E-state index in [0.717, 1.165) is 0 Å². The highest BCUT2D eigenvalue weighted by Gasteiger charge is 2.58. The van der Waals surface area contributed by atoms with Gasteiger partial charge >= 0.3 is 6.18 Å². The minimum atomic E-state index is -4.35. The number of carbonyl (C=O) groups excluding carboxylic acids is 1. The van der Waals surface area contributed by atoms with Gasteiger partial charge in [-0.1, -0.05) is 13.8 Å². The molecule has 4 nitrogen and oxygen atoms in total. The van der Waals surface area contributed by atoms with Crippen LogP contribution in [-0.2, 0) is 14.3 Å². The fourth-order valence-electron chi connectivity index (χ4n) is 2.34. The van der Waals surface area contributed by atoms with Crippen molar-refractivity contribution in [3.63, 3.8) is 0 Å². The molecule has 0 heterocycles. The van der Waals surface area contributed by atoms with E-state index in [1.54, 1.807) is 7.11 Å². The van der Waals surface area contributed by atoms with Gasteiger partial charge < -0.3 is 14.8 Å². The third kappa shape index (κ3) is 3.85. The van der Waals surface area contributed by atoms with Gasteiger partial charge in [-0.25, -0.2) is 0 Å². The van der Waals surface area contributed by atoms with Gasteiger partial charge in [-0.2, -0.15) is 13.2 Å². The van der Waals surface area contributed by atoms with Gasteiger partial charge in [0.25, 0.3) is 0 Å². The summed E-state index contributed by atoms with van der Waals surface area (Å²) in [7, 11) is 1.63. The molecule has 1 aliphatic carbocycles. The van der Waals surface area contributed by atoms with Crippen LogP contribution in [-0.4, -0.2) is 44.0 Å². The lowest BCUT2D eigenvalue weighted by molar-refractivity contribution is -0.184. The Bertz CT molecular complexity index is 357. The molecule has 0 radical (unpaired) electrons. The Hall–Kier alpha value is -0.820. The van der Waals surface area contributed by atoms with Crippen molar-refractivity contribution in [3.05, 3.63) is 0 Å². The third-order valence-electron chi connectivity index (χ3n) is 4.35. The minimum Gasteiger partial charge on any atom is -0.378 e. The molecule has 0 aliphatic heterocycles. The average Bonchev–Trinajstić information content (AvgIpc) is 2.32. The van der Waals surface area contributed by atoms with E-state index in [2.05, 4.69) is 10.1 Å². The van der Waals surface area contributed by atoms with E-state index in [4.69, 9.17) is 4.74 Å². The summed E-state index contributed by atoms with van der Waals surface area (Å²) in [6.45, 7) is 4.40. The van der Waals surface area contributed by atoms with Crippen LogP contribution >= 0.6 is 0 Å². The summed E-state index contributed by atoms with van der Waals surface area (Å²) in [5.41, 5.74) is -0.512. The number of hydrogen-bond acceptors (Lipinski definition) is 3. The van der Waals surface area contributed by atoms with Crippen molar-refractivity contribution < 1.29 is 27.4 Å². The summed E-state index contributed by atoms with van der Waals surface area (Å²) in [6.07, 6.45) is -3.75. The lowest BCUT2D eigenvalue weighted by atomic mass is 9.56. The molecule has 1 fully saturated rings. The van der Waals surface area contributed by atoms with Crippen LogP contribution in [0.15, 0.2) is 0 Å². The zero-order valence-corrected chi connectivity index (χ0v) is 12.3. The van der Waals surface area contributed by atoms with Gasteiger partial charge in [0.2, 0.25) is 5.91 Å². The minimum absolute atomic E-state index is 0.0393. The Labute approximate surface area is 117 Å². The van der Waals surface area contributed by atoms with Gasteiger partial charge in [0, 0.05) is 25.0 Å². The average molecular weight is 297 g/mol. The van der Waals surface area contributed by atoms with Gasteiger partial charge in [0.05, 0.1) is 12.2 Å². The molecule has 0 aromatic carbocycles. The third-order valence-corrected chi connectivity index (χ3v) is 4.35. The second-order valence-corrected chi connectivity index (χ2v) is 5.90. The first-order valence-corrected chi connectivity index (χ1v) is 6.51. The van der Waals surface area contributed by atoms with E-state index in [9.17, 15) is 18.0 Å². The van der Waals surface area contributed by atoms with Crippen LogP contribution in [0.4, 0.5) is 13.2 Å². The zero-order valence-electron chi connectivity index (χ0n) is 12.3. The molecule has 20 heavy (non-hydrogen) atoms. The highest BCUT2D eigenvalue weighted by Crippen LogP contribution is 2.51. The van der Waals surface area contributed by atoms with Crippen LogP contribution < -0.4 is 5.32 Å². The van der Waals surface area contributed by atoms with E-state index >= 15 is 0 Å². The van der Waals surface area contributed by atoms with Crippen LogP contribution in [0.5, 0.6) is 0 Å². The number of carbonyl (C=O) groups is 1. The summed E-state index contributed by atoms with van der Waals surface area (Å²) in [4.78, 5) is 11.6. The molecule has 0 aromatic rings. The van der Waals surface area contributed by atoms with Crippen LogP contribution in [0.3, 0.4) is 0 Å². The van der Waals surface area contributed by atoms with E-state index in [1.165, 1.54) is 0 Å². The van der Waals surface area contributed by atoms with Gasteiger partial charge in [0.15, 0.2) is 0 Å². The number of halogens is 3. The number of rotatable bonds is 6. The maximum Gasteiger partial charge on any atom is 0.411 e. The molecule has 0 spiro atoms. The number of amides is 1. The largest absolute Gasteiger partial charge is 0.411 e. The number of nitrogens with one attached hydrogen (secondary N) is 1. The quantitative estimate of drug-likeness (QED) is 0.765. The van der Waals surface area contributed by atoms with Gasteiger partial charge in [-0.3, -0.25) is 4.79 Å². The van der Waals surface area contributed by atoms with Gasteiger partial charge in [-0.15, -0.1) is 0 Å². The number of alkyl halides is 3. The Balaban J connectivity index is 2.28. The fourth-order valence-corrected chi connectivity index (χ4v) is 2.34. The molecule has 0 bridgehead atoms. The molecule has 0 unspecified atom stereocenters. The molecule has 0 aromatic heterocycles. The molecule has 1 aliphatic rings. The Morgan fingerprint density at radius 1 is 1.35 bits per heavy atom. The lowest BCUT2D eigenvalue weighted by Crippen LogP contribution is -2.68. The molecule has 2 atom stereocenters. The highest BCUT2D eigenvalue weighted by atomic mass is 19.4. The standard InChI is InChI=1S/C13H22F3NO3/c1-11(2)9(7-12(11,3)19-4)17-10(18)5-6-20-8-13(14,15)16/h9H,5-8H2,1-4H3,(H,17,18)/t9-,12+/m0/s1. The first kappa shape index (κ1) is 17.2. The molecule has 0 saturated heterocycles. The zero-order chi connectivity index (χ0) is 15.6. The molecule has 118 valence electrons. The molecule has 1 N–H and O–H groups in total. The van der Waals surface area contributed by atoms with E-state index in [-0.39, 0.29) is 36.0 Å². The van der Waals surface area contributed by atoms with Crippen molar-refractivity contribution in [2.75, 3.05) is 20.3 Å². The van der Waals surface area contributed by atoms with E-state index < -0.39 is 12.8 Å². The molecule has 1 rings (SSSR count). The second kappa shape index (κ2) is 5.89. The summed E-state index contributed by atoms with van der Waals surface area (Å²) in [5, 5.41) is 2.81. The maximum atomic E-state index is 11.8. The topological polar surface area (TPSA) is 47.6 Å². The molecular formula is C13H22F3NO3. The number of hydrogen-bond donors (Lipinski definition) is 1. The van der Waals surface area contributed by atoms with E-state index in [0.29, 0.717) is 6.42 Å². The van der Waals surface area contributed by atoms with Crippen LogP contribution in [0.25, 0.3) is 0 Å². The van der Waals surface area contributed by atoms with Crippen molar-refractivity contribution >= 4 is 5.91 Å². The summed E-state index contributed by atoms with van der Waals surface area (Å²) >= 11 is 0. The van der Waals surface area contributed by atoms with Gasteiger partial charge in [-0.05, 0) is 13.3 Å². The van der Waals surface area contributed by atoms with E-state index in [1.807, 2.05) is 20.8 Å². The Morgan fingerprint density at radius 3 is 2.40 bits per heavy atom. The first-order valence-electron chi connectivity index (χ1n) is 6.51. The van der Waals surface area contributed by atoms with Crippen LogP contribution in [0.2, 0.25) is 0 Å². The number of ether oxygens (including phenoxy) is 2. The predicted molar refractivity (Wildman–Crippen MR) is 67.2 cm³/mol. The first-order chi connectivity index (χ1) is 9.02. The lowest BCUT2D eigenvalue weighted by Gasteiger charge is -2.59. The Morgan fingerprint density at radius 2 is 1.95 bits per heavy atom. The van der Waals surface area contributed by atoms with Crippen molar-refractivity contribution in [2.24, 2.45) is 5.41 Å². The Kier molecular flexibility index (Phi) is 5.08. The molecule has 7 heteroatoms. The predicted octanol–water partition coefficient (Wildman–Crippen LogP) is 2.28. The van der Waals surface area contributed by atoms with Crippen molar-refractivity contribution in [3.8, 4) is 0 Å². The van der Waals surface area contributed by atoms with Crippen molar-refractivity contribution in [1.82, 2.24) is 5.32 Å². The normalized spacial score (nSPS) is 28.9. The summed E-state index contributed by atoms with van der Waals surface area (Å²) in [6, 6.07) is -0.0393. The van der Waals surface area contributed by atoms with Gasteiger partial charge in [0.1, 0.15) is 6.61 Å². The smallest absolute Gasteiger partial charge is 0.378 e. The highest BCUT2D eigenvalue weighted by molar-refractivity contribution is 5.76. The summed E-state index contributed by atoms with van der Waals surface area (Å²) in [5.74, 6) is -0.302. The maximum absolute atomic E-state index is 11.8.